The number of nitrogens with one attached hydrogen (secondary N) is 8. The Balaban J connectivity index is 2.37. The molecule has 10 atom stereocenters. The molecule has 0 bridgehead atoms. The summed E-state index contributed by atoms with van der Waals surface area (Å²) in [4.78, 5) is 158. The largest absolute Gasteiger partial charge is 0.481 e. The first-order valence-corrected chi connectivity index (χ1v) is 24.4. The van der Waals surface area contributed by atoms with Crippen molar-refractivity contribution in [1.29, 1.82) is 0 Å². The third-order valence-corrected chi connectivity index (χ3v) is 11.8. The van der Waals surface area contributed by atoms with Crippen LogP contribution in [0.4, 0.5) is 0 Å². The van der Waals surface area contributed by atoms with E-state index in [-0.39, 0.29) is 38.1 Å². The van der Waals surface area contributed by atoms with E-state index >= 15 is 0 Å². The van der Waals surface area contributed by atoms with E-state index in [0.717, 1.165) is 4.90 Å². The minimum atomic E-state index is -1.59. The summed E-state index contributed by atoms with van der Waals surface area (Å²) < 4.78 is 0. The number of nitrogens with zero attached hydrogens (tertiary/aromatic N) is 1. The van der Waals surface area contributed by atoms with Crippen molar-refractivity contribution >= 4 is 71.0 Å². The van der Waals surface area contributed by atoms with Gasteiger partial charge in [-0.3, -0.25) is 57.5 Å². The van der Waals surface area contributed by atoms with E-state index in [1.807, 2.05) is 0 Å². The number of aliphatic carboxylic acids is 2. The Kier molecular flexibility index (Phi) is 25.6. The van der Waals surface area contributed by atoms with Crippen molar-refractivity contribution in [3.63, 3.8) is 0 Å². The zero-order chi connectivity index (χ0) is 56.1. The number of primary amides is 1. The van der Waals surface area contributed by atoms with Crippen molar-refractivity contribution in [3.8, 4) is 0 Å². The number of hydrogen-bond acceptors (Lipinski definition) is 14. The van der Waals surface area contributed by atoms with Gasteiger partial charge in [0.1, 0.15) is 54.9 Å². The second-order valence-electron chi connectivity index (χ2n) is 19.4. The molecule has 2 rings (SSSR count). The second kappa shape index (κ2) is 30.1. The van der Waals surface area contributed by atoms with Gasteiger partial charge < -0.3 is 74.2 Å². The highest BCUT2D eigenvalue weighted by atomic mass is 16.4. The molecule has 0 unspecified atom stereocenters. The van der Waals surface area contributed by atoms with E-state index in [1.54, 1.807) is 71.9 Å². The van der Waals surface area contributed by atoms with E-state index in [2.05, 4.69) is 42.5 Å². The predicted octanol–water partition coefficient (Wildman–Crippen LogP) is -3.36. The molecule has 74 heavy (non-hydrogen) atoms. The molecule has 1 fully saturated rings. The molecule has 26 heteroatoms. The molecule has 0 aliphatic carbocycles. The molecule has 1 heterocycles. The molecule has 26 nitrogen and oxygen atoms in total. The van der Waals surface area contributed by atoms with E-state index in [1.165, 1.54) is 13.8 Å². The van der Waals surface area contributed by atoms with Crippen LogP contribution < -0.4 is 54.0 Å². The van der Waals surface area contributed by atoms with Gasteiger partial charge in [-0.1, -0.05) is 71.9 Å². The Labute approximate surface area is 429 Å². The highest BCUT2D eigenvalue weighted by molar-refractivity contribution is 5.99. The van der Waals surface area contributed by atoms with E-state index in [0.29, 0.717) is 12.0 Å². The van der Waals surface area contributed by atoms with Crippen LogP contribution in [0, 0.1) is 17.8 Å². The van der Waals surface area contributed by atoms with E-state index in [4.69, 9.17) is 21.7 Å². The first kappa shape index (κ1) is 62.9. The summed E-state index contributed by atoms with van der Waals surface area (Å²) in [5.74, 6) is -12.7. The smallest absolute Gasteiger partial charge is 0.322 e. The molecule has 0 aromatic heterocycles. The van der Waals surface area contributed by atoms with Crippen molar-refractivity contribution in [1.82, 2.24) is 47.4 Å². The van der Waals surface area contributed by atoms with Crippen LogP contribution in [0.15, 0.2) is 30.3 Å². The SMILES string of the molecule is CC(C)C[C@H](NC(=O)[C@@H](NC(=O)[C@H](Cc1ccccc1)NC(=O)[C@H](CCC(N)=O)NC(=O)[C@H](C)NC(=O)[C@@H](NC(=O)[C@@H](N)CC(=O)O)C(C)C)C(C)C)C(=O)N[C@H](C(=O)N1CCC[C@H]1C(=O)NCC(=O)O)[C@@H](C)O. The second-order valence-corrected chi connectivity index (χ2v) is 19.4. The number of nitrogens with two attached hydrogens (primary N) is 2. The number of carbonyl (C=O) groups is 12. The van der Waals surface area contributed by atoms with E-state index < -0.39 is 163 Å². The van der Waals surface area contributed by atoms with Gasteiger partial charge in [0.05, 0.1) is 18.6 Å². The van der Waals surface area contributed by atoms with Crippen molar-refractivity contribution in [3.05, 3.63) is 35.9 Å². The number of benzene rings is 1. The molecule has 0 radical (unpaired) electrons. The summed E-state index contributed by atoms with van der Waals surface area (Å²) in [5, 5.41) is 48.6. The fourth-order valence-electron chi connectivity index (χ4n) is 7.79. The van der Waals surface area contributed by atoms with Crippen LogP contribution in [0.2, 0.25) is 0 Å². The van der Waals surface area contributed by atoms with Crippen molar-refractivity contribution in [2.75, 3.05) is 13.1 Å². The number of hydrogen-bond donors (Lipinski definition) is 13. The molecular weight excluding hydrogens is 971 g/mol. The molecule has 412 valence electrons. The topological polar surface area (TPSA) is 417 Å². The average Bonchev–Trinajstić information content (AvgIpc) is 3.81. The van der Waals surface area contributed by atoms with Gasteiger partial charge in [0.15, 0.2) is 0 Å². The summed E-state index contributed by atoms with van der Waals surface area (Å²) >= 11 is 0. The van der Waals surface area contributed by atoms with Crippen molar-refractivity contribution in [2.45, 2.75) is 161 Å². The summed E-state index contributed by atoms with van der Waals surface area (Å²) in [7, 11) is 0. The van der Waals surface area contributed by atoms with Crippen LogP contribution in [-0.4, -0.2) is 165 Å². The van der Waals surface area contributed by atoms with E-state index in [9.17, 15) is 62.6 Å². The number of aliphatic hydroxyl groups is 1. The molecule has 1 aromatic carbocycles. The summed E-state index contributed by atoms with van der Waals surface area (Å²) in [5.41, 5.74) is 11.6. The Hall–Kier alpha value is -7.22. The third-order valence-electron chi connectivity index (χ3n) is 11.8. The lowest BCUT2D eigenvalue weighted by molar-refractivity contribution is -0.145. The molecule has 1 aromatic rings. The van der Waals surface area contributed by atoms with Crippen LogP contribution in [-0.2, 0) is 64.0 Å². The number of amides is 10. The lowest BCUT2D eigenvalue weighted by Crippen LogP contribution is -2.62. The van der Waals surface area contributed by atoms with Gasteiger partial charge in [0, 0.05) is 19.4 Å². The minimum absolute atomic E-state index is 0.0204. The fourth-order valence-corrected chi connectivity index (χ4v) is 7.79. The fraction of sp³-hybridized carbons (Fsp3) is 0.625. The maximum absolute atomic E-state index is 14.3. The Morgan fingerprint density at radius 2 is 1.15 bits per heavy atom. The first-order chi connectivity index (χ1) is 34.5. The summed E-state index contributed by atoms with van der Waals surface area (Å²) in [6.45, 7) is 11.8. The molecule has 0 saturated carbocycles. The quantitative estimate of drug-likeness (QED) is 0.0358. The number of rotatable bonds is 30. The Bertz CT molecular complexity index is 2170. The van der Waals surface area contributed by atoms with Gasteiger partial charge >= 0.3 is 11.9 Å². The Morgan fingerprint density at radius 1 is 0.635 bits per heavy atom. The minimum Gasteiger partial charge on any atom is -0.481 e. The normalized spacial score (nSPS) is 16.9. The van der Waals surface area contributed by atoms with Gasteiger partial charge in [-0.25, -0.2) is 0 Å². The Morgan fingerprint density at radius 3 is 1.68 bits per heavy atom. The number of carbonyl (C=O) groups excluding carboxylic acids is 10. The zero-order valence-corrected chi connectivity index (χ0v) is 43.1. The third kappa shape index (κ3) is 20.7. The van der Waals surface area contributed by atoms with Crippen LogP contribution in [0.1, 0.15) is 99.5 Å². The monoisotopic (exact) mass is 1050 g/mol. The van der Waals surface area contributed by atoms with Crippen LogP contribution >= 0.6 is 0 Å². The first-order valence-electron chi connectivity index (χ1n) is 24.4. The lowest BCUT2D eigenvalue weighted by Gasteiger charge is -2.32. The highest BCUT2D eigenvalue weighted by Crippen LogP contribution is 2.20. The zero-order valence-electron chi connectivity index (χ0n) is 43.1. The molecule has 0 spiro atoms. The predicted molar refractivity (Wildman–Crippen MR) is 264 cm³/mol. The van der Waals surface area contributed by atoms with Crippen LogP contribution in [0.25, 0.3) is 0 Å². The maximum Gasteiger partial charge on any atom is 0.322 e. The molecule has 15 N–H and O–H groups in total. The summed E-state index contributed by atoms with van der Waals surface area (Å²) in [6.07, 6.45) is -2.52. The summed E-state index contributed by atoms with van der Waals surface area (Å²) in [6, 6.07) is -4.00. The lowest BCUT2D eigenvalue weighted by atomic mass is 9.98. The standard InChI is InChI=1S/C48H75N11O15/c1-23(2)19-31(43(69)58-39(27(8)60)48(74)59-18-12-15-33(59)45(71)51-22-36(64)65)55-47(73)38(25(5)6)57-44(70)32(20-28-13-10-9-11-14-28)54-42(68)30(16-17-34(50)61)53-40(66)26(7)52-46(72)37(24(3)4)56-41(67)29(49)21-35(62)63/h9-11,13-14,23-27,29-33,37-39,60H,12,15-22,49H2,1-8H3,(H2,50,61)(H,51,71)(H,52,72)(H,53,66)(H,54,68)(H,55,73)(H,56,67)(H,57,70)(H,58,69)(H,62,63)(H,64,65)/t26-,27+,29-,30-,31-,32-,33-,37-,38-,39-/m0/s1. The molecule has 1 aliphatic rings. The number of carboxylic acid groups (broad SMARTS) is 2. The van der Waals surface area contributed by atoms with Crippen LogP contribution in [0.5, 0.6) is 0 Å². The molecule has 1 aliphatic heterocycles. The van der Waals surface area contributed by atoms with Gasteiger partial charge in [-0.15, -0.1) is 0 Å². The van der Waals surface area contributed by atoms with Gasteiger partial charge in [-0.2, -0.15) is 0 Å². The average molecular weight is 1050 g/mol. The van der Waals surface area contributed by atoms with Gasteiger partial charge in [0.25, 0.3) is 0 Å². The van der Waals surface area contributed by atoms with Crippen molar-refractivity contribution in [2.24, 2.45) is 29.2 Å². The van der Waals surface area contributed by atoms with Gasteiger partial charge in [0.2, 0.25) is 59.1 Å². The van der Waals surface area contributed by atoms with Crippen LogP contribution in [0.3, 0.4) is 0 Å². The van der Waals surface area contributed by atoms with Gasteiger partial charge in [-0.05, 0) is 62.8 Å². The number of aliphatic hydroxyl groups excluding tert-OH is 1. The molecule has 10 amide bonds. The molecule has 1 saturated heterocycles. The van der Waals surface area contributed by atoms with Crippen molar-refractivity contribution < 1.29 is 72.9 Å². The number of likely N-dealkylation sites (tertiary alicyclic amines) is 1. The highest BCUT2D eigenvalue weighted by Gasteiger charge is 2.41. The maximum atomic E-state index is 14.3. The number of carboxylic acids is 2. The molecular formula is C48H75N11O15.